The number of hydrogen-bond donors (Lipinski definition) is 1. The first-order chi connectivity index (χ1) is 15.6. The van der Waals surface area contributed by atoms with E-state index in [-0.39, 0.29) is 11.5 Å². The predicted molar refractivity (Wildman–Crippen MR) is 135 cm³/mol. The van der Waals surface area contributed by atoms with Gasteiger partial charge in [0.25, 0.3) is 0 Å². The second kappa shape index (κ2) is 9.67. The Morgan fingerprint density at radius 1 is 1.06 bits per heavy atom. The average Bonchev–Trinajstić information content (AvgIpc) is 3.11. The summed E-state index contributed by atoms with van der Waals surface area (Å²) < 4.78 is 5.63. The number of carbonyl (C=O) groups is 1. The fraction of sp³-hybridized carbons (Fsp3) is 0.900. The van der Waals surface area contributed by atoms with Crippen LogP contribution in [0.25, 0.3) is 0 Å². The number of allylic oxidation sites excluding steroid dienone is 1. The Kier molecular flexibility index (Phi) is 7.40. The van der Waals surface area contributed by atoms with Gasteiger partial charge in [-0.15, -0.1) is 0 Å². The van der Waals surface area contributed by atoms with Gasteiger partial charge in [-0.1, -0.05) is 65.5 Å². The summed E-state index contributed by atoms with van der Waals surface area (Å²) in [5, 5.41) is 9.54. The number of ether oxygens (including phenoxy) is 1. The lowest BCUT2D eigenvalue weighted by molar-refractivity contribution is -0.160. The van der Waals surface area contributed by atoms with Crippen molar-refractivity contribution in [2.75, 3.05) is 0 Å². The van der Waals surface area contributed by atoms with E-state index in [1.165, 1.54) is 58.3 Å². The summed E-state index contributed by atoms with van der Waals surface area (Å²) in [7, 11) is 0. The highest BCUT2D eigenvalue weighted by Crippen LogP contribution is 2.67. The van der Waals surface area contributed by atoms with Crippen LogP contribution in [-0.4, -0.2) is 23.3 Å². The fourth-order valence-electron chi connectivity index (χ4n) is 9.02. The number of fused-ring (bicyclic) bond motifs is 5. The van der Waals surface area contributed by atoms with E-state index in [0.29, 0.717) is 5.41 Å². The van der Waals surface area contributed by atoms with Crippen molar-refractivity contribution in [3.8, 4) is 0 Å². The number of aliphatic hydroxyl groups excluding tert-OH is 1. The fourth-order valence-corrected chi connectivity index (χ4v) is 9.02. The smallest absolute Gasteiger partial charge is 0.334 e. The van der Waals surface area contributed by atoms with Gasteiger partial charge in [0, 0.05) is 6.42 Å². The SMILES string of the molecule is CC(C)CCC[C@@H](C)[C@H]1CCC2C3CC=C4C[C@@H](OC(=O)[C@H](C)O)CC[C@]4(C)C3CC[C@@]21C. The summed E-state index contributed by atoms with van der Waals surface area (Å²) in [5.74, 6) is 4.64. The molecule has 3 heteroatoms. The first kappa shape index (κ1) is 25.3. The van der Waals surface area contributed by atoms with Crippen molar-refractivity contribution in [2.24, 2.45) is 46.3 Å². The highest BCUT2D eigenvalue weighted by Gasteiger charge is 2.59. The van der Waals surface area contributed by atoms with Crippen LogP contribution in [0.3, 0.4) is 0 Å². The van der Waals surface area contributed by atoms with Gasteiger partial charge < -0.3 is 9.84 Å². The molecule has 0 saturated heterocycles. The lowest BCUT2D eigenvalue weighted by atomic mass is 9.47. The van der Waals surface area contributed by atoms with Crippen molar-refractivity contribution >= 4 is 5.97 Å². The van der Waals surface area contributed by atoms with E-state index < -0.39 is 12.1 Å². The van der Waals surface area contributed by atoms with Crippen molar-refractivity contribution in [2.45, 2.75) is 124 Å². The molecule has 9 atom stereocenters. The minimum Gasteiger partial charge on any atom is -0.460 e. The van der Waals surface area contributed by atoms with E-state index >= 15 is 0 Å². The molecular formula is C30H50O3. The molecule has 0 radical (unpaired) electrons. The lowest BCUT2D eigenvalue weighted by Crippen LogP contribution is -2.51. The zero-order valence-corrected chi connectivity index (χ0v) is 22.2. The van der Waals surface area contributed by atoms with Crippen LogP contribution in [0.5, 0.6) is 0 Å². The molecule has 0 heterocycles. The van der Waals surface area contributed by atoms with Crippen molar-refractivity contribution in [3.05, 3.63) is 11.6 Å². The minimum absolute atomic E-state index is 0.0561. The molecule has 3 saturated carbocycles. The van der Waals surface area contributed by atoms with Gasteiger partial charge in [0.1, 0.15) is 12.2 Å². The van der Waals surface area contributed by atoms with Gasteiger partial charge in [-0.05, 0) is 98.2 Å². The zero-order valence-electron chi connectivity index (χ0n) is 22.2. The summed E-state index contributed by atoms with van der Waals surface area (Å²) in [6, 6.07) is 0. The van der Waals surface area contributed by atoms with Crippen LogP contribution < -0.4 is 0 Å². The first-order valence-electron chi connectivity index (χ1n) is 14.1. The van der Waals surface area contributed by atoms with Crippen LogP contribution in [0.4, 0.5) is 0 Å². The Labute approximate surface area is 203 Å². The number of rotatable bonds is 7. The number of esters is 1. The third kappa shape index (κ3) is 4.69. The van der Waals surface area contributed by atoms with Crippen LogP contribution >= 0.6 is 0 Å². The maximum absolute atomic E-state index is 11.9. The van der Waals surface area contributed by atoms with E-state index in [4.69, 9.17) is 4.74 Å². The third-order valence-electron chi connectivity index (χ3n) is 10.9. The highest BCUT2D eigenvalue weighted by molar-refractivity contribution is 5.74. The molecule has 0 bridgehead atoms. The van der Waals surface area contributed by atoms with E-state index in [0.717, 1.165) is 54.8 Å². The van der Waals surface area contributed by atoms with Gasteiger partial charge in [0.15, 0.2) is 0 Å². The largest absolute Gasteiger partial charge is 0.460 e. The normalized spacial score (nSPS) is 42.1. The van der Waals surface area contributed by atoms with Gasteiger partial charge in [0.05, 0.1) is 0 Å². The molecular weight excluding hydrogens is 408 g/mol. The van der Waals surface area contributed by atoms with E-state index in [2.05, 4.69) is 40.7 Å². The molecule has 0 amide bonds. The quantitative estimate of drug-likeness (QED) is 0.321. The molecule has 0 aliphatic heterocycles. The van der Waals surface area contributed by atoms with Crippen LogP contribution in [-0.2, 0) is 9.53 Å². The van der Waals surface area contributed by atoms with Crippen LogP contribution in [0, 0.1) is 46.3 Å². The van der Waals surface area contributed by atoms with Crippen molar-refractivity contribution in [1.82, 2.24) is 0 Å². The minimum atomic E-state index is -1.03. The van der Waals surface area contributed by atoms with E-state index in [1.807, 2.05) is 0 Å². The summed E-state index contributed by atoms with van der Waals surface area (Å²) in [4.78, 5) is 11.9. The molecule has 0 aromatic carbocycles. The molecule has 4 rings (SSSR count). The summed E-state index contributed by atoms with van der Waals surface area (Å²) in [5.41, 5.74) is 2.35. The summed E-state index contributed by atoms with van der Waals surface area (Å²) in [6.45, 7) is 14.0. The molecule has 4 aliphatic carbocycles. The third-order valence-corrected chi connectivity index (χ3v) is 10.9. The molecule has 3 unspecified atom stereocenters. The standard InChI is InChI=1S/C30H50O3/c1-19(2)8-7-9-20(3)25-12-13-26-24-11-10-22-18-23(33-28(32)21(4)31)14-16-29(22,5)27(24)15-17-30(25,26)6/h10,19-21,23-27,31H,7-9,11-18H2,1-6H3/t20-,21+,23+,24?,25-,26?,27?,29+,30-/m1/s1. The van der Waals surface area contributed by atoms with Gasteiger partial charge >= 0.3 is 5.97 Å². The molecule has 188 valence electrons. The van der Waals surface area contributed by atoms with Crippen molar-refractivity contribution < 1.29 is 14.6 Å². The van der Waals surface area contributed by atoms with Crippen molar-refractivity contribution in [1.29, 1.82) is 0 Å². The predicted octanol–water partition coefficient (Wildman–Crippen LogP) is 7.32. The topological polar surface area (TPSA) is 46.5 Å². The van der Waals surface area contributed by atoms with E-state index in [1.54, 1.807) is 5.57 Å². The monoisotopic (exact) mass is 458 g/mol. The Morgan fingerprint density at radius 2 is 1.82 bits per heavy atom. The summed E-state index contributed by atoms with van der Waals surface area (Å²) >= 11 is 0. The van der Waals surface area contributed by atoms with Crippen LogP contribution in [0.15, 0.2) is 11.6 Å². The molecule has 1 N–H and O–H groups in total. The van der Waals surface area contributed by atoms with Crippen LogP contribution in [0.2, 0.25) is 0 Å². The Morgan fingerprint density at radius 3 is 2.52 bits per heavy atom. The second-order valence-corrected chi connectivity index (χ2v) is 13.3. The zero-order chi connectivity index (χ0) is 24.0. The maximum atomic E-state index is 11.9. The van der Waals surface area contributed by atoms with Crippen LogP contribution in [0.1, 0.15) is 112 Å². The van der Waals surface area contributed by atoms with E-state index in [9.17, 15) is 9.90 Å². The number of hydrogen-bond acceptors (Lipinski definition) is 3. The van der Waals surface area contributed by atoms with Crippen molar-refractivity contribution in [3.63, 3.8) is 0 Å². The molecule has 0 aromatic rings. The number of aliphatic hydroxyl groups is 1. The first-order valence-corrected chi connectivity index (χ1v) is 14.1. The molecule has 0 spiro atoms. The highest BCUT2D eigenvalue weighted by atomic mass is 16.6. The molecule has 3 nitrogen and oxygen atoms in total. The second-order valence-electron chi connectivity index (χ2n) is 13.3. The van der Waals surface area contributed by atoms with Gasteiger partial charge in [0.2, 0.25) is 0 Å². The Bertz CT molecular complexity index is 739. The molecule has 3 fully saturated rings. The molecule has 0 aromatic heterocycles. The maximum Gasteiger partial charge on any atom is 0.334 e. The van der Waals surface area contributed by atoms with Gasteiger partial charge in [-0.2, -0.15) is 0 Å². The summed E-state index contributed by atoms with van der Waals surface area (Å²) in [6.07, 6.45) is 15.5. The Hall–Kier alpha value is -0.830. The molecule has 4 aliphatic rings. The van der Waals surface area contributed by atoms with Gasteiger partial charge in [-0.3, -0.25) is 0 Å². The van der Waals surface area contributed by atoms with Gasteiger partial charge in [-0.25, -0.2) is 4.79 Å². The Balaban J connectivity index is 1.45. The average molecular weight is 459 g/mol. The molecule has 33 heavy (non-hydrogen) atoms. The lowest BCUT2D eigenvalue weighted by Gasteiger charge is -2.58. The number of carbonyl (C=O) groups excluding carboxylic acids is 1.